The summed E-state index contributed by atoms with van der Waals surface area (Å²) < 4.78 is 13.0. The highest BCUT2D eigenvalue weighted by Crippen LogP contribution is 2.18. The minimum absolute atomic E-state index is 0.123. The van der Waals surface area contributed by atoms with E-state index in [4.69, 9.17) is 0 Å². The third-order valence-corrected chi connectivity index (χ3v) is 3.09. The van der Waals surface area contributed by atoms with Gasteiger partial charge in [-0.2, -0.15) is 0 Å². The lowest BCUT2D eigenvalue weighted by atomic mass is 10.1. The molecule has 0 amide bonds. The van der Waals surface area contributed by atoms with E-state index in [1.54, 1.807) is 13.0 Å². The molecule has 0 radical (unpaired) electrons. The van der Waals surface area contributed by atoms with Crippen LogP contribution in [0, 0.1) is 12.7 Å². The predicted molar refractivity (Wildman–Crippen MR) is 68.5 cm³/mol. The van der Waals surface area contributed by atoms with Crippen molar-refractivity contribution >= 4 is 0 Å². The van der Waals surface area contributed by atoms with Gasteiger partial charge >= 0.3 is 0 Å². The van der Waals surface area contributed by atoms with Crippen molar-refractivity contribution in [2.24, 2.45) is 0 Å². The van der Waals surface area contributed by atoms with Gasteiger partial charge in [-0.1, -0.05) is 12.1 Å². The molecule has 1 aliphatic rings. The molecule has 1 aliphatic carbocycles. The molecule has 2 N–H and O–H groups in total. The van der Waals surface area contributed by atoms with Crippen molar-refractivity contribution < 1.29 is 4.39 Å². The van der Waals surface area contributed by atoms with Crippen LogP contribution >= 0.6 is 0 Å². The van der Waals surface area contributed by atoms with Crippen molar-refractivity contribution in [1.82, 2.24) is 10.6 Å². The number of benzene rings is 1. The molecule has 94 valence electrons. The summed E-state index contributed by atoms with van der Waals surface area (Å²) in [5.41, 5.74) is 1.87. The van der Waals surface area contributed by atoms with Crippen LogP contribution in [0.1, 0.15) is 30.4 Å². The normalized spacial score (nSPS) is 15.2. The Morgan fingerprint density at radius 2 is 2.12 bits per heavy atom. The average Bonchev–Trinajstić information content (AvgIpc) is 3.12. The molecule has 0 bridgehead atoms. The van der Waals surface area contributed by atoms with Crippen LogP contribution < -0.4 is 10.6 Å². The van der Waals surface area contributed by atoms with Crippen molar-refractivity contribution in [3.63, 3.8) is 0 Å². The highest BCUT2D eigenvalue weighted by molar-refractivity contribution is 5.23. The molecule has 3 heteroatoms. The van der Waals surface area contributed by atoms with Gasteiger partial charge in [0.25, 0.3) is 0 Å². The maximum absolute atomic E-state index is 13.0. The number of rotatable bonds is 7. The summed E-state index contributed by atoms with van der Waals surface area (Å²) >= 11 is 0. The van der Waals surface area contributed by atoms with E-state index in [0.717, 1.165) is 43.2 Å². The Hall–Kier alpha value is -0.930. The molecule has 17 heavy (non-hydrogen) atoms. The lowest BCUT2D eigenvalue weighted by Crippen LogP contribution is -2.23. The largest absolute Gasteiger partial charge is 0.314 e. The SMILES string of the molecule is Cc1cc(CNCCCNC2CC2)ccc1F. The average molecular weight is 236 g/mol. The number of aryl methyl sites for hydroxylation is 1. The van der Waals surface area contributed by atoms with Gasteiger partial charge in [-0.15, -0.1) is 0 Å². The van der Waals surface area contributed by atoms with Gasteiger partial charge in [-0.25, -0.2) is 4.39 Å². The number of nitrogens with one attached hydrogen (secondary N) is 2. The van der Waals surface area contributed by atoms with Crippen LogP contribution in [0.5, 0.6) is 0 Å². The van der Waals surface area contributed by atoms with Crippen LogP contribution in [0.15, 0.2) is 18.2 Å². The topological polar surface area (TPSA) is 24.1 Å². The first-order valence-electron chi connectivity index (χ1n) is 6.45. The van der Waals surface area contributed by atoms with E-state index in [9.17, 15) is 4.39 Å². The van der Waals surface area contributed by atoms with Crippen LogP contribution in [0.4, 0.5) is 4.39 Å². The third kappa shape index (κ3) is 4.44. The van der Waals surface area contributed by atoms with Gasteiger partial charge in [-0.3, -0.25) is 0 Å². The van der Waals surface area contributed by atoms with E-state index in [1.165, 1.54) is 12.8 Å². The Morgan fingerprint density at radius 1 is 1.29 bits per heavy atom. The summed E-state index contributed by atoms with van der Waals surface area (Å²) in [6, 6.07) is 6.10. The molecule has 1 saturated carbocycles. The fourth-order valence-corrected chi connectivity index (χ4v) is 1.86. The molecule has 1 aromatic rings. The number of hydrogen-bond donors (Lipinski definition) is 2. The van der Waals surface area contributed by atoms with Gasteiger partial charge in [-0.05, 0) is 56.5 Å². The molecule has 0 saturated heterocycles. The van der Waals surface area contributed by atoms with Gasteiger partial charge in [0.05, 0.1) is 0 Å². The zero-order valence-corrected chi connectivity index (χ0v) is 10.4. The molecule has 2 rings (SSSR count). The van der Waals surface area contributed by atoms with Crippen LogP contribution in [-0.4, -0.2) is 19.1 Å². The zero-order chi connectivity index (χ0) is 12.1. The van der Waals surface area contributed by atoms with E-state index in [0.29, 0.717) is 0 Å². The predicted octanol–water partition coefficient (Wildman–Crippen LogP) is 2.37. The molecule has 0 atom stereocenters. The summed E-state index contributed by atoms with van der Waals surface area (Å²) in [5, 5.41) is 6.86. The van der Waals surface area contributed by atoms with Gasteiger partial charge in [0, 0.05) is 12.6 Å². The van der Waals surface area contributed by atoms with Crippen LogP contribution in [0.2, 0.25) is 0 Å². The van der Waals surface area contributed by atoms with E-state index in [-0.39, 0.29) is 5.82 Å². The maximum Gasteiger partial charge on any atom is 0.126 e. The summed E-state index contributed by atoms with van der Waals surface area (Å²) in [7, 11) is 0. The monoisotopic (exact) mass is 236 g/mol. The van der Waals surface area contributed by atoms with Gasteiger partial charge < -0.3 is 10.6 Å². The number of halogens is 1. The molecule has 2 nitrogen and oxygen atoms in total. The Kier molecular flexibility index (Phi) is 4.51. The Morgan fingerprint density at radius 3 is 2.82 bits per heavy atom. The molecule has 0 spiro atoms. The Balaban J connectivity index is 1.58. The minimum Gasteiger partial charge on any atom is -0.314 e. The highest BCUT2D eigenvalue weighted by Gasteiger charge is 2.19. The second-order valence-corrected chi connectivity index (χ2v) is 4.84. The summed E-state index contributed by atoms with van der Waals surface area (Å²) in [6.07, 6.45) is 3.85. The summed E-state index contributed by atoms with van der Waals surface area (Å²) in [4.78, 5) is 0. The first kappa shape index (κ1) is 12.5. The summed E-state index contributed by atoms with van der Waals surface area (Å²) in [5.74, 6) is -0.123. The van der Waals surface area contributed by atoms with E-state index >= 15 is 0 Å². The molecule has 1 aromatic carbocycles. The van der Waals surface area contributed by atoms with Crippen molar-refractivity contribution in [3.8, 4) is 0 Å². The lowest BCUT2D eigenvalue weighted by molar-refractivity contribution is 0.590. The second-order valence-electron chi connectivity index (χ2n) is 4.84. The van der Waals surface area contributed by atoms with Gasteiger partial charge in [0.2, 0.25) is 0 Å². The second kappa shape index (κ2) is 6.12. The first-order chi connectivity index (χ1) is 8.25. The molecule has 0 aliphatic heterocycles. The smallest absolute Gasteiger partial charge is 0.126 e. The van der Waals surface area contributed by atoms with Crippen molar-refractivity contribution in [2.75, 3.05) is 13.1 Å². The minimum atomic E-state index is -0.123. The number of hydrogen-bond acceptors (Lipinski definition) is 2. The lowest BCUT2D eigenvalue weighted by Gasteiger charge is -2.06. The molecule has 1 fully saturated rings. The van der Waals surface area contributed by atoms with E-state index < -0.39 is 0 Å². The van der Waals surface area contributed by atoms with Crippen LogP contribution in [0.25, 0.3) is 0 Å². The fraction of sp³-hybridized carbons (Fsp3) is 0.571. The van der Waals surface area contributed by atoms with Crippen molar-refractivity contribution in [2.45, 2.75) is 38.8 Å². The summed E-state index contributed by atoms with van der Waals surface area (Å²) in [6.45, 7) is 4.74. The molecule has 0 unspecified atom stereocenters. The standard InChI is InChI=1S/C14H21FN2/c1-11-9-12(3-6-14(11)15)10-16-7-2-8-17-13-4-5-13/h3,6,9,13,16-17H,2,4-5,7-8,10H2,1H3. The van der Waals surface area contributed by atoms with Crippen LogP contribution in [-0.2, 0) is 6.54 Å². The first-order valence-corrected chi connectivity index (χ1v) is 6.45. The van der Waals surface area contributed by atoms with E-state index in [2.05, 4.69) is 10.6 Å². The third-order valence-electron chi connectivity index (χ3n) is 3.09. The molecular weight excluding hydrogens is 215 g/mol. The van der Waals surface area contributed by atoms with Crippen LogP contribution in [0.3, 0.4) is 0 Å². The quantitative estimate of drug-likeness (QED) is 0.710. The van der Waals surface area contributed by atoms with Gasteiger partial charge in [0.15, 0.2) is 0 Å². The highest BCUT2D eigenvalue weighted by atomic mass is 19.1. The molecule has 0 heterocycles. The Bertz CT molecular complexity index is 361. The van der Waals surface area contributed by atoms with E-state index in [1.807, 2.05) is 12.1 Å². The fourth-order valence-electron chi connectivity index (χ4n) is 1.86. The maximum atomic E-state index is 13.0. The van der Waals surface area contributed by atoms with Crippen molar-refractivity contribution in [1.29, 1.82) is 0 Å². The molecular formula is C14H21FN2. The Labute approximate surface area is 103 Å². The molecule has 0 aromatic heterocycles. The van der Waals surface area contributed by atoms with Gasteiger partial charge in [0.1, 0.15) is 5.82 Å². The van der Waals surface area contributed by atoms with Crippen molar-refractivity contribution in [3.05, 3.63) is 35.1 Å². The zero-order valence-electron chi connectivity index (χ0n) is 10.4.